The molecule has 1 aliphatic rings. The molecule has 0 saturated carbocycles. The first-order valence-corrected chi connectivity index (χ1v) is 11.1. The lowest BCUT2D eigenvalue weighted by molar-refractivity contribution is -0.131. The first kappa shape index (κ1) is 19.8. The topological polar surface area (TPSA) is 36.4 Å². The van der Waals surface area contributed by atoms with E-state index in [-0.39, 0.29) is 5.91 Å². The number of amides is 1. The molecule has 3 aromatic rings. The van der Waals surface area contributed by atoms with Crippen LogP contribution in [0.1, 0.15) is 29.8 Å². The molecule has 5 heteroatoms. The second-order valence-electron chi connectivity index (χ2n) is 7.69. The van der Waals surface area contributed by atoms with E-state index in [0.29, 0.717) is 19.0 Å². The molecule has 1 saturated heterocycles. The molecule has 2 aromatic carbocycles. The molecule has 1 atom stereocenters. The lowest BCUT2D eigenvalue weighted by Crippen LogP contribution is -2.33. The van der Waals surface area contributed by atoms with Crippen molar-refractivity contribution in [2.75, 3.05) is 13.6 Å². The molecule has 1 aliphatic heterocycles. The van der Waals surface area contributed by atoms with E-state index in [9.17, 15) is 4.79 Å². The van der Waals surface area contributed by atoms with Gasteiger partial charge >= 0.3 is 0 Å². The zero-order valence-corrected chi connectivity index (χ0v) is 17.6. The van der Waals surface area contributed by atoms with Gasteiger partial charge in [0.25, 0.3) is 0 Å². The number of aromatic nitrogens is 1. The normalized spacial score (nSPS) is 17.5. The maximum Gasteiger partial charge on any atom is 0.222 e. The van der Waals surface area contributed by atoms with Gasteiger partial charge in [0.1, 0.15) is 5.01 Å². The van der Waals surface area contributed by atoms with Crippen LogP contribution in [0.4, 0.5) is 0 Å². The van der Waals surface area contributed by atoms with Crippen molar-refractivity contribution in [1.82, 2.24) is 14.8 Å². The number of likely N-dealkylation sites (tertiary alicyclic amines) is 1. The van der Waals surface area contributed by atoms with Gasteiger partial charge in [-0.2, -0.15) is 0 Å². The highest BCUT2D eigenvalue weighted by Crippen LogP contribution is 2.24. The summed E-state index contributed by atoms with van der Waals surface area (Å²) in [5.74, 6) is 0.269. The van der Waals surface area contributed by atoms with Gasteiger partial charge in [-0.15, -0.1) is 11.3 Å². The quantitative estimate of drug-likeness (QED) is 0.590. The fourth-order valence-electron chi connectivity index (χ4n) is 3.90. The van der Waals surface area contributed by atoms with Gasteiger partial charge in [0.2, 0.25) is 5.91 Å². The lowest BCUT2D eigenvalue weighted by atomic mass is 10.1. The van der Waals surface area contributed by atoms with Gasteiger partial charge in [0, 0.05) is 36.5 Å². The summed E-state index contributed by atoms with van der Waals surface area (Å²) in [4.78, 5) is 21.8. The van der Waals surface area contributed by atoms with Gasteiger partial charge in [0.05, 0.1) is 12.2 Å². The minimum atomic E-state index is 0.269. The average molecular weight is 406 g/mol. The van der Waals surface area contributed by atoms with Crippen LogP contribution in [0.25, 0.3) is 11.3 Å². The molecule has 29 heavy (non-hydrogen) atoms. The molecule has 1 fully saturated rings. The largest absolute Gasteiger partial charge is 0.338 e. The first-order valence-electron chi connectivity index (χ1n) is 10.2. The number of hydrogen-bond acceptors (Lipinski definition) is 4. The third-order valence-electron chi connectivity index (χ3n) is 5.62. The summed E-state index contributed by atoms with van der Waals surface area (Å²) in [5.41, 5.74) is 3.40. The Labute approximate surface area is 176 Å². The van der Waals surface area contributed by atoms with Crippen LogP contribution in [-0.2, 0) is 17.9 Å². The summed E-state index contributed by atoms with van der Waals surface area (Å²) >= 11 is 1.71. The third-order valence-corrected chi connectivity index (χ3v) is 6.46. The Bertz CT molecular complexity index is 926. The standard InChI is InChI=1S/C24H27N3OS/c1-26(17-23-25-22(18-29-23)20-10-6-3-7-11-20)21-12-13-24(28)27(15-14-21)16-19-8-4-2-5-9-19/h2-11,18,21H,12-17H2,1H3. The Morgan fingerprint density at radius 1 is 1.07 bits per heavy atom. The molecular weight excluding hydrogens is 378 g/mol. The minimum absolute atomic E-state index is 0.269. The average Bonchev–Trinajstić information content (AvgIpc) is 3.14. The van der Waals surface area contributed by atoms with Crippen molar-refractivity contribution in [1.29, 1.82) is 0 Å². The van der Waals surface area contributed by atoms with Crippen LogP contribution in [0.15, 0.2) is 66.0 Å². The predicted octanol–water partition coefficient (Wildman–Crippen LogP) is 4.82. The second kappa shape index (κ2) is 9.33. The summed E-state index contributed by atoms with van der Waals surface area (Å²) in [7, 11) is 2.16. The van der Waals surface area contributed by atoms with E-state index in [1.54, 1.807) is 11.3 Å². The number of thiazole rings is 1. The van der Waals surface area contributed by atoms with Crippen molar-refractivity contribution in [3.8, 4) is 11.3 Å². The summed E-state index contributed by atoms with van der Waals surface area (Å²) in [6, 6.07) is 21.0. The van der Waals surface area contributed by atoms with Crippen molar-refractivity contribution in [3.05, 3.63) is 76.6 Å². The molecule has 0 N–H and O–H groups in total. The van der Waals surface area contributed by atoms with Gasteiger partial charge < -0.3 is 4.90 Å². The molecule has 0 aliphatic carbocycles. The van der Waals surface area contributed by atoms with Crippen LogP contribution in [0.5, 0.6) is 0 Å². The van der Waals surface area contributed by atoms with Crippen LogP contribution in [0, 0.1) is 0 Å². The Balaban J connectivity index is 1.35. The molecule has 1 unspecified atom stereocenters. The van der Waals surface area contributed by atoms with Crippen LogP contribution in [-0.4, -0.2) is 40.3 Å². The molecule has 1 aromatic heterocycles. The van der Waals surface area contributed by atoms with E-state index in [1.165, 1.54) is 5.56 Å². The number of hydrogen-bond donors (Lipinski definition) is 0. The number of benzene rings is 2. The molecule has 4 nitrogen and oxygen atoms in total. The Morgan fingerprint density at radius 2 is 1.79 bits per heavy atom. The zero-order chi connectivity index (χ0) is 20.1. The first-order chi connectivity index (χ1) is 14.2. The third kappa shape index (κ3) is 5.11. The summed E-state index contributed by atoms with van der Waals surface area (Å²) < 4.78 is 0. The van der Waals surface area contributed by atoms with E-state index in [2.05, 4.69) is 41.6 Å². The lowest BCUT2D eigenvalue weighted by Gasteiger charge is -2.26. The molecule has 0 radical (unpaired) electrons. The van der Waals surface area contributed by atoms with Crippen molar-refractivity contribution in [2.45, 2.75) is 38.4 Å². The number of carbonyl (C=O) groups excluding carboxylic acids is 1. The second-order valence-corrected chi connectivity index (χ2v) is 8.63. The fourth-order valence-corrected chi connectivity index (χ4v) is 4.77. The molecular formula is C24H27N3OS. The highest BCUT2D eigenvalue weighted by Gasteiger charge is 2.25. The van der Waals surface area contributed by atoms with E-state index in [4.69, 9.17) is 4.98 Å². The number of rotatable bonds is 6. The summed E-state index contributed by atoms with van der Waals surface area (Å²) in [6.07, 6.45) is 2.54. The van der Waals surface area contributed by atoms with Gasteiger partial charge in [0.15, 0.2) is 0 Å². The van der Waals surface area contributed by atoms with E-state index < -0.39 is 0 Å². The maximum absolute atomic E-state index is 12.6. The molecule has 150 valence electrons. The molecule has 0 spiro atoms. The fraction of sp³-hybridized carbons (Fsp3) is 0.333. The van der Waals surface area contributed by atoms with Gasteiger partial charge in [-0.1, -0.05) is 60.7 Å². The maximum atomic E-state index is 12.6. The predicted molar refractivity (Wildman–Crippen MR) is 119 cm³/mol. The van der Waals surface area contributed by atoms with E-state index in [0.717, 1.165) is 42.2 Å². The SMILES string of the molecule is CN(Cc1nc(-c2ccccc2)cs1)C1CCC(=O)N(Cc2ccccc2)CC1. The summed E-state index contributed by atoms with van der Waals surface area (Å²) in [6.45, 7) is 2.36. The molecule has 2 heterocycles. The minimum Gasteiger partial charge on any atom is -0.338 e. The van der Waals surface area contributed by atoms with Gasteiger partial charge in [-0.25, -0.2) is 4.98 Å². The zero-order valence-electron chi connectivity index (χ0n) is 16.8. The van der Waals surface area contributed by atoms with Gasteiger partial charge in [-0.3, -0.25) is 9.69 Å². The van der Waals surface area contributed by atoms with E-state index >= 15 is 0 Å². The Hall–Kier alpha value is -2.50. The van der Waals surface area contributed by atoms with Crippen molar-refractivity contribution in [3.63, 3.8) is 0 Å². The Kier molecular flexibility index (Phi) is 6.37. The van der Waals surface area contributed by atoms with Crippen LogP contribution in [0.3, 0.4) is 0 Å². The van der Waals surface area contributed by atoms with Crippen LogP contribution < -0.4 is 0 Å². The number of nitrogens with zero attached hydrogens (tertiary/aromatic N) is 3. The van der Waals surface area contributed by atoms with Gasteiger partial charge in [-0.05, 0) is 25.5 Å². The van der Waals surface area contributed by atoms with Crippen molar-refractivity contribution >= 4 is 17.2 Å². The van der Waals surface area contributed by atoms with Crippen molar-refractivity contribution in [2.24, 2.45) is 0 Å². The molecule has 4 rings (SSSR count). The molecule has 0 bridgehead atoms. The highest BCUT2D eigenvalue weighted by atomic mass is 32.1. The van der Waals surface area contributed by atoms with E-state index in [1.807, 2.05) is 41.3 Å². The van der Waals surface area contributed by atoms with Crippen molar-refractivity contribution < 1.29 is 4.79 Å². The smallest absolute Gasteiger partial charge is 0.222 e. The summed E-state index contributed by atoms with van der Waals surface area (Å²) in [5, 5.41) is 3.26. The molecule has 1 amide bonds. The van der Waals surface area contributed by atoms with Crippen LogP contribution in [0.2, 0.25) is 0 Å². The van der Waals surface area contributed by atoms with Crippen LogP contribution >= 0.6 is 11.3 Å². The number of carbonyl (C=O) groups is 1. The monoisotopic (exact) mass is 405 g/mol. The highest BCUT2D eigenvalue weighted by molar-refractivity contribution is 7.09. The Morgan fingerprint density at radius 3 is 2.55 bits per heavy atom.